The molecule has 8 heteroatoms. The predicted molar refractivity (Wildman–Crippen MR) is 104 cm³/mol. The van der Waals surface area contributed by atoms with E-state index in [1.165, 1.54) is 6.21 Å². The van der Waals surface area contributed by atoms with Crippen LogP contribution in [0.2, 0.25) is 0 Å². The second kappa shape index (κ2) is 8.83. The van der Waals surface area contributed by atoms with Crippen molar-refractivity contribution in [2.75, 3.05) is 19.8 Å². The van der Waals surface area contributed by atoms with Crippen molar-refractivity contribution in [1.82, 2.24) is 4.98 Å². The molecule has 2 heterocycles. The van der Waals surface area contributed by atoms with Gasteiger partial charge in [-0.1, -0.05) is 13.8 Å². The number of hydrazone groups is 1. The molecular weight excluding hydrogens is 358 g/mol. The van der Waals surface area contributed by atoms with Crippen LogP contribution >= 0.6 is 0 Å². The van der Waals surface area contributed by atoms with Gasteiger partial charge in [-0.3, -0.25) is 4.99 Å². The molecule has 2 aliphatic rings. The maximum atomic E-state index is 8.62. The van der Waals surface area contributed by atoms with E-state index in [0.29, 0.717) is 42.5 Å². The maximum absolute atomic E-state index is 8.62. The fourth-order valence-electron chi connectivity index (χ4n) is 2.47. The number of aromatic nitrogens is 1. The van der Waals surface area contributed by atoms with Crippen LogP contribution in [-0.2, 0) is 9.47 Å². The number of ether oxygens (including phenoxy) is 3. The molecular formula is C20H23N5O3. The molecule has 0 unspecified atom stereocenters. The first-order chi connectivity index (χ1) is 13.5. The molecule has 0 radical (unpaired) electrons. The van der Waals surface area contributed by atoms with E-state index >= 15 is 0 Å². The van der Waals surface area contributed by atoms with Crippen molar-refractivity contribution in [3.63, 3.8) is 0 Å². The zero-order valence-electron chi connectivity index (χ0n) is 16.0. The molecule has 1 aliphatic carbocycles. The van der Waals surface area contributed by atoms with Gasteiger partial charge in [-0.2, -0.15) is 10.4 Å². The van der Waals surface area contributed by atoms with Gasteiger partial charge in [0.05, 0.1) is 32.1 Å². The molecule has 8 nitrogen and oxygen atoms in total. The molecule has 0 amide bonds. The van der Waals surface area contributed by atoms with Crippen LogP contribution < -0.4 is 10.6 Å². The molecule has 0 aromatic carbocycles. The standard InChI is InChI=1S/C20H23N5O3/c1-20(2)12-26-18(27-13-20)11-23-10-16(25-22)19-17(28-15-5-6-15)8-14(9-24-19)4-3-7-21/h8-10,15,18H,5-6,11-13,22H2,1-2H3/b23-10?,25-16+. The highest BCUT2D eigenvalue weighted by molar-refractivity contribution is 6.38. The van der Waals surface area contributed by atoms with Gasteiger partial charge in [0, 0.05) is 23.1 Å². The molecule has 0 bridgehead atoms. The van der Waals surface area contributed by atoms with E-state index in [1.807, 2.05) is 0 Å². The van der Waals surface area contributed by atoms with E-state index in [4.69, 9.17) is 25.3 Å². The number of nitrogens with two attached hydrogens (primary N) is 1. The Hall–Kier alpha value is -2.94. The topological polar surface area (TPSA) is 115 Å². The number of nitrogens with zero attached hydrogens (tertiary/aromatic N) is 4. The normalized spacial score (nSPS) is 19.7. The molecule has 1 aromatic heterocycles. The van der Waals surface area contributed by atoms with Crippen LogP contribution in [0.25, 0.3) is 0 Å². The van der Waals surface area contributed by atoms with E-state index in [-0.39, 0.29) is 17.8 Å². The Balaban J connectivity index is 1.71. The highest BCUT2D eigenvalue weighted by Gasteiger charge is 2.28. The second-order valence-corrected chi connectivity index (χ2v) is 7.47. The lowest BCUT2D eigenvalue weighted by atomic mass is 9.96. The van der Waals surface area contributed by atoms with E-state index in [0.717, 1.165) is 12.8 Å². The second-order valence-electron chi connectivity index (χ2n) is 7.47. The molecule has 1 aromatic rings. The molecule has 2 fully saturated rings. The minimum absolute atomic E-state index is 0.0131. The lowest BCUT2D eigenvalue weighted by Gasteiger charge is -2.33. The Bertz CT molecular complexity index is 862. The third-order valence-corrected chi connectivity index (χ3v) is 4.10. The SMILES string of the molecule is CC1(C)COC(CN=C/C(=N\N)c2ncc(C#CC#N)cc2OC2CC2)OC1. The van der Waals surface area contributed by atoms with Crippen molar-refractivity contribution in [3.05, 3.63) is 23.5 Å². The average molecular weight is 381 g/mol. The van der Waals surface area contributed by atoms with E-state index in [1.54, 1.807) is 18.3 Å². The molecule has 3 rings (SSSR count). The molecule has 1 saturated heterocycles. The minimum atomic E-state index is -0.387. The van der Waals surface area contributed by atoms with Gasteiger partial charge in [-0.25, -0.2) is 4.98 Å². The zero-order valence-corrected chi connectivity index (χ0v) is 16.0. The molecule has 146 valence electrons. The van der Waals surface area contributed by atoms with Crippen LogP contribution in [0, 0.1) is 28.6 Å². The highest BCUT2D eigenvalue weighted by Crippen LogP contribution is 2.29. The molecule has 1 saturated carbocycles. The third kappa shape index (κ3) is 5.53. The first kappa shape index (κ1) is 19.8. The molecule has 28 heavy (non-hydrogen) atoms. The summed E-state index contributed by atoms with van der Waals surface area (Å²) in [5.74, 6) is 11.1. The summed E-state index contributed by atoms with van der Waals surface area (Å²) in [4.78, 5) is 8.71. The summed E-state index contributed by atoms with van der Waals surface area (Å²) in [6.45, 7) is 5.75. The Morgan fingerprint density at radius 2 is 2.18 bits per heavy atom. The van der Waals surface area contributed by atoms with Gasteiger partial charge in [0.25, 0.3) is 0 Å². The fourth-order valence-corrected chi connectivity index (χ4v) is 2.47. The predicted octanol–water partition coefficient (Wildman–Crippen LogP) is 1.63. The lowest BCUT2D eigenvalue weighted by molar-refractivity contribution is -0.215. The third-order valence-electron chi connectivity index (χ3n) is 4.10. The monoisotopic (exact) mass is 381 g/mol. The maximum Gasteiger partial charge on any atom is 0.176 e. The summed E-state index contributed by atoms with van der Waals surface area (Å²) < 4.78 is 17.2. The number of aliphatic imine (C=N–C) groups is 1. The summed E-state index contributed by atoms with van der Waals surface area (Å²) in [6.07, 6.45) is 4.83. The number of pyridine rings is 1. The summed E-state index contributed by atoms with van der Waals surface area (Å²) in [5.41, 5.74) is 1.46. The van der Waals surface area contributed by atoms with Gasteiger partial charge in [0.2, 0.25) is 0 Å². The highest BCUT2D eigenvalue weighted by atomic mass is 16.7. The van der Waals surface area contributed by atoms with Crippen LogP contribution in [0.4, 0.5) is 0 Å². The van der Waals surface area contributed by atoms with Gasteiger partial charge >= 0.3 is 0 Å². The lowest BCUT2D eigenvalue weighted by Crippen LogP contribution is -2.39. The Kier molecular flexibility index (Phi) is 6.25. The number of hydrogen-bond acceptors (Lipinski definition) is 8. The quantitative estimate of drug-likeness (QED) is 0.347. The number of rotatable bonds is 6. The van der Waals surface area contributed by atoms with Crippen molar-refractivity contribution in [2.45, 2.75) is 39.1 Å². The summed E-state index contributed by atoms with van der Waals surface area (Å²) in [7, 11) is 0. The van der Waals surface area contributed by atoms with Crippen molar-refractivity contribution in [1.29, 1.82) is 5.26 Å². The first-order valence-corrected chi connectivity index (χ1v) is 9.09. The summed E-state index contributed by atoms with van der Waals surface area (Å²) >= 11 is 0. The minimum Gasteiger partial charge on any atom is -0.488 e. The average Bonchev–Trinajstić information content (AvgIpc) is 3.49. The first-order valence-electron chi connectivity index (χ1n) is 9.09. The summed E-state index contributed by atoms with van der Waals surface area (Å²) in [6, 6.07) is 3.52. The number of hydrogen-bond donors (Lipinski definition) is 1. The van der Waals surface area contributed by atoms with Crippen LogP contribution in [-0.4, -0.2) is 49.1 Å². The van der Waals surface area contributed by atoms with Crippen LogP contribution in [0.1, 0.15) is 37.9 Å². The van der Waals surface area contributed by atoms with Crippen LogP contribution in [0.15, 0.2) is 22.4 Å². The van der Waals surface area contributed by atoms with E-state index < -0.39 is 0 Å². The van der Waals surface area contributed by atoms with E-state index in [2.05, 4.69) is 40.8 Å². The van der Waals surface area contributed by atoms with Crippen molar-refractivity contribution < 1.29 is 14.2 Å². The fraction of sp³-hybridized carbons (Fsp3) is 0.500. The Morgan fingerprint density at radius 1 is 1.43 bits per heavy atom. The zero-order chi connectivity index (χ0) is 20.0. The van der Waals surface area contributed by atoms with Gasteiger partial charge in [0.15, 0.2) is 12.4 Å². The van der Waals surface area contributed by atoms with Crippen LogP contribution in [0.3, 0.4) is 0 Å². The summed E-state index contributed by atoms with van der Waals surface area (Å²) in [5, 5.41) is 12.4. The molecule has 0 atom stereocenters. The largest absolute Gasteiger partial charge is 0.488 e. The molecule has 1 aliphatic heterocycles. The van der Waals surface area contributed by atoms with Gasteiger partial charge in [0.1, 0.15) is 17.2 Å². The van der Waals surface area contributed by atoms with Crippen molar-refractivity contribution in [2.24, 2.45) is 21.4 Å². The smallest absolute Gasteiger partial charge is 0.176 e. The molecule has 2 N–H and O–H groups in total. The molecule has 0 spiro atoms. The number of nitriles is 1. The van der Waals surface area contributed by atoms with Crippen molar-refractivity contribution >= 4 is 11.9 Å². The Labute approximate surface area is 164 Å². The van der Waals surface area contributed by atoms with Gasteiger partial charge < -0.3 is 20.1 Å². The van der Waals surface area contributed by atoms with Gasteiger partial charge in [-0.05, 0) is 24.8 Å². The van der Waals surface area contributed by atoms with Crippen LogP contribution in [0.5, 0.6) is 5.75 Å². The van der Waals surface area contributed by atoms with Gasteiger partial charge in [-0.15, -0.1) is 0 Å². The van der Waals surface area contributed by atoms with Crippen molar-refractivity contribution in [3.8, 4) is 23.7 Å². The van der Waals surface area contributed by atoms with E-state index in [9.17, 15) is 0 Å². The Morgan fingerprint density at radius 3 is 2.82 bits per heavy atom.